The van der Waals surface area contributed by atoms with Crippen LogP contribution in [0.3, 0.4) is 0 Å². The molecule has 10 aromatic carbocycles. The van der Waals surface area contributed by atoms with E-state index in [9.17, 15) is 0 Å². The highest BCUT2D eigenvalue weighted by Gasteiger charge is 2.22. The van der Waals surface area contributed by atoms with Crippen LogP contribution in [0.2, 0.25) is 0 Å². The van der Waals surface area contributed by atoms with E-state index in [1.807, 2.05) is 6.07 Å². The number of fused-ring (bicyclic) bond motifs is 9. The third-order valence-electron chi connectivity index (χ3n) is 12.0. The lowest BCUT2D eigenvalue weighted by Crippen LogP contribution is -2.10. The molecule has 0 aliphatic rings. The summed E-state index contributed by atoms with van der Waals surface area (Å²) in [6, 6.07) is 78.6. The molecule has 0 aliphatic carbocycles. The van der Waals surface area contributed by atoms with Gasteiger partial charge in [-0.25, -0.2) is 0 Å². The zero-order chi connectivity index (χ0) is 38.9. The first-order valence-corrected chi connectivity index (χ1v) is 20.2. The normalized spacial score (nSPS) is 11.7. The Labute approximate surface area is 341 Å². The van der Waals surface area contributed by atoms with Gasteiger partial charge in [-0.15, -0.1) is 0 Å². The highest BCUT2D eigenvalue weighted by atomic mass is 16.3. The standard InChI is InChI=1S/C56H36N2O/c1-2-13-42(14-3-1)57(43-30-26-37(27-31-43)41-25-24-40-23-22-38-12-4-5-15-45(38)50(40)36-41)53-35-34-46(56-55(53)49-18-8-11-21-54(49)59-56)39-28-32-44(33-29-39)58-51-19-9-6-16-47(51)48-17-7-10-20-52(48)58/h1-36H. The molecule has 0 fully saturated rings. The highest BCUT2D eigenvalue weighted by Crippen LogP contribution is 2.46. The number of nitrogens with zero attached hydrogens (tertiary/aromatic N) is 2. The van der Waals surface area contributed by atoms with Crippen molar-refractivity contribution < 1.29 is 4.42 Å². The van der Waals surface area contributed by atoms with Gasteiger partial charge in [0.15, 0.2) is 0 Å². The Morgan fingerprint density at radius 2 is 0.932 bits per heavy atom. The molecule has 59 heavy (non-hydrogen) atoms. The first kappa shape index (κ1) is 33.3. The van der Waals surface area contributed by atoms with Gasteiger partial charge < -0.3 is 13.9 Å². The largest absolute Gasteiger partial charge is 0.455 e. The Bertz CT molecular complexity index is 3490. The van der Waals surface area contributed by atoms with Gasteiger partial charge >= 0.3 is 0 Å². The topological polar surface area (TPSA) is 21.3 Å². The smallest absolute Gasteiger partial charge is 0.145 e. The van der Waals surface area contributed by atoms with Crippen molar-refractivity contribution in [3.8, 4) is 27.9 Å². The summed E-state index contributed by atoms with van der Waals surface area (Å²) in [6.45, 7) is 0. The van der Waals surface area contributed by atoms with Crippen LogP contribution in [-0.4, -0.2) is 4.57 Å². The zero-order valence-corrected chi connectivity index (χ0v) is 32.1. The van der Waals surface area contributed by atoms with Crippen LogP contribution in [-0.2, 0) is 0 Å². The van der Waals surface area contributed by atoms with E-state index in [1.54, 1.807) is 0 Å². The summed E-state index contributed by atoms with van der Waals surface area (Å²) in [5, 5.41) is 9.73. The molecule has 2 heterocycles. The van der Waals surface area contributed by atoms with Gasteiger partial charge in [-0.2, -0.15) is 0 Å². The van der Waals surface area contributed by atoms with Gasteiger partial charge in [0.2, 0.25) is 0 Å². The second-order valence-corrected chi connectivity index (χ2v) is 15.3. The lowest BCUT2D eigenvalue weighted by Gasteiger charge is -2.27. The van der Waals surface area contributed by atoms with Crippen LogP contribution in [0.1, 0.15) is 0 Å². The van der Waals surface area contributed by atoms with Crippen molar-refractivity contribution in [2.75, 3.05) is 4.90 Å². The second kappa shape index (κ2) is 13.4. The molecule has 276 valence electrons. The fraction of sp³-hybridized carbons (Fsp3) is 0. The lowest BCUT2D eigenvalue weighted by molar-refractivity contribution is 0.670. The molecule has 12 aromatic rings. The van der Waals surface area contributed by atoms with Gasteiger partial charge in [0, 0.05) is 38.8 Å². The number of hydrogen-bond acceptors (Lipinski definition) is 2. The van der Waals surface area contributed by atoms with E-state index in [2.05, 4.69) is 222 Å². The van der Waals surface area contributed by atoms with E-state index >= 15 is 0 Å². The minimum absolute atomic E-state index is 0.866. The van der Waals surface area contributed by atoms with Crippen molar-refractivity contribution in [2.24, 2.45) is 0 Å². The maximum atomic E-state index is 6.83. The second-order valence-electron chi connectivity index (χ2n) is 15.3. The summed E-state index contributed by atoms with van der Waals surface area (Å²) >= 11 is 0. The number of hydrogen-bond donors (Lipinski definition) is 0. The number of aromatic nitrogens is 1. The molecule has 0 bridgehead atoms. The first-order chi connectivity index (χ1) is 29.3. The van der Waals surface area contributed by atoms with Crippen LogP contribution in [0, 0.1) is 0 Å². The van der Waals surface area contributed by atoms with E-state index in [4.69, 9.17) is 4.42 Å². The van der Waals surface area contributed by atoms with Crippen LogP contribution in [0.4, 0.5) is 17.1 Å². The van der Waals surface area contributed by atoms with Crippen LogP contribution >= 0.6 is 0 Å². The maximum absolute atomic E-state index is 6.83. The van der Waals surface area contributed by atoms with E-state index in [0.29, 0.717) is 0 Å². The van der Waals surface area contributed by atoms with Gasteiger partial charge in [-0.3, -0.25) is 0 Å². The van der Waals surface area contributed by atoms with Gasteiger partial charge in [0.05, 0.1) is 22.1 Å². The summed E-state index contributed by atoms with van der Waals surface area (Å²) in [7, 11) is 0. The van der Waals surface area contributed by atoms with Crippen molar-refractivity contribution in [1.82, 2.24) is 4.57 Å². The molecule has 0 aliphatic heterocycles. The van der Waals surface area contributed by atoms with E-state index in [-0.39, 0.29) is 0 Å². The average Bonchev–Trinajstić information content (AvgIpc) is 3.87. The maximum Gasteiger partial charge on any atom is 0.145 e. The number of furan rings is 1. The van der Waals surface area contributed by atoms with Crippen LogP contribution < -0.4 is 4.90 Å². The molecule has 0 saturated carbocycles. The molecule has 0 atom stereocenters. The van der Waals surface area contributed by atoms with Gasteiger partial charge in [0.25, 0.3) is 0 Å². The average molecular weight is 753 g/mol. The number of para-hydroxylation sites is 4. The monoisotopic (exact) mass is 752 g/mol. The predicted molar refractivity (Wildman–Crippen MR) is 249 cm³/mol. The molecule has 2 aromatic heterocycles. The SMILES string of the molecule is c1ccc(N(c2ccc(-c3ccc4ccc5ccccc5c4c3)cc2)c2ccc(-c3ccc(-n4c5ccccc5c5ccccc54)cc3)c3oc4ccccc4c23)cc1. The van der Waals surface area contributed by atoms with Crippen LogP contribution in [0.25, 0.3) is 93.2 Å². The fourth-order valence-electron chi connectivity index (χ4n) is 9.20. The number of benzene rings is 10. The molecule has 12 rings (SSSR count). The van der Waals surface area contributed by atoms with E-state index in [1.165, 1.54) is 54.5 Å². The van der Waals surface area contributed by atoms with Crippen molar-refractivity contribution in [1.29, 1.82) is 0 Å². The van der Waals surface area contributed by atoms with Crippen LogP contribution in [0.5, 0.6) is 0 Å². The summed E-state index contributed by atoms with van der Waals surface area (Å²) in [6.07, 6.45) is 0. The van der Waals surface area contributed by atoms with Gasteiger partial charge in [0.1, 0.15) is 11.2 Å². The molecule has 0 radical (unpaired) electrons. The minimum atomic E-state index is 0.866. The van der Waals surface area contributed by atoms with Crippen molar-refractivity contribution in [2.45, 2.75) is 0 Å². The van der Waals surface area contributed by atoms with Crippen LogP contribution in [0.15, 0.2) is 223 Å². The lowest BCUT2D eigenvalue weighted by atomic mass is 9.97. The minimum Gasteiger partial charge on any atom is -0.455 e. The number of anilines is 3. The Morgan fingerprint density at radius 3 is 1.68 bits per heavy atom. The van der Waals surface area contributed by atoms with Crippen molar-refractivity contribution >= 4 is 82.4 Å². The fourth-order valence-corrected chi connectivity index (χ4v) is 9.20. The Kier molecular flexibility index (Phi) is 7.54. The number of rotatable bonds is 6. The first-order valence-electron chi connectivity index (χ1n) is 20.2. The van der Waals surface area contributed by atoms with E-state index in [0.717, 1.165) is 55.8 Å². The molecular weight excluding hydrogens is 717 g/mol. The molecule has 0 saturated heterocycles. The molecule has 0 amide bonds. The Hall–Kier alpha value is -7.88. The Balaban J connectivity index is 0.985. The third-order valence-corrected chi connectivity index (χ3v) is 12.0. The molecule has 3 nitrogen and oxygen atoms in total. The Morgan fingerprint density at radius 1 is 0.373 bits per heavy atom. The molecule has 0 unspecified atom stereocenters. The highest BCUT2D eigenvalue weighted by molar-refractivity contribution is 6.17. The predicted octanol–water partition coefficient (Wildman–Crippen LogP) is 15.8. The molecule has 3 heteroatoms. The van der Waals surface area contributed by atoms with E-state index < -0.39 is 0 Å². The summed E-state index contributed by atoms with van der Waals surface area (Å²) in [5.41, 5.74) is 13.0. The molecule has 0 spiro atoms. The quantitative estimate of drug-likeness (QED) is 0.158. The molecular formula is C56H36N2O. The van der Waals surface area contributed by atoms with Crippen molar-refractivity contribution in [3.05, 3.63) is 218 Å². The summed E-state index contributed by atoms with van der Waals surface area (Å²) < 4.78 is 9.19. The molecule has 0 N–H and O–H groups in total. The van der Waals surface area contributed by atoms with Crippen molar-refractivity contribution in [3.63, 3.8) is 0 Å². The summed E-state index contributed by atoms with van der Waals surface area (Å²) in [5.74, 6) is 0. The van der Waals surface area contributed by atoms with Gasteiger partial charge in [-0.1, -0.05) is 146 Å². The zero-order valence-electron chi connectivity index (χ0n) is 32.1. The third kappa shape index (κ3) is 5.36. The van der Waals surface area contributed by atoms with Gasteiger partial charge in [-0.05, 0) is 111 Å². The summed E-state index contributed by atoms with van der Waals surface area (Å²) in [4.78, 5) is 2.36.